The third-order valence-electron chi connectivity index (χ3n) is 4.40. The summed E-state index contributed by atoms with van der Waals surface area (Å²) in [7, 11) is 0. The molecule has 1 aromatic rings. The van der Waals surface area contributed by atoms with Crippen molar-refractivity contribution >= 4 is 11.8 Å². The molecule has 1 aromatic heterocycles. The Morgan fingerprint density at radius 3 is 2.70 bits per heavy atom. The SMILES string of the molecule is CCc1cc(N2CCC(C(=O)O)(C(C)C)C2)nc(C)n1. The largest absolute Gasteiger partial charge is 0.481 e. The molecule has 1 N–H and O–H groups in total. The predicted octanol–water partition coefficient (Wildman–Crippen LogP) is 2.28. The number of nitrogens with zero attached hydrogens (tertiary/aromatic N) is 3. The summed E-state index contributed by atoms with van der Waals surface area (Å²) in [4.78, 5) is 22.6. The van der Waals surface area contributed by atoms with E-state index in [0.29, 0.717) is 13.0 Å². The summed E-state index contributed by atoms with van der Waals surface area (Å²) in [5.41, 5.74) is 0.343. The Bertz CT molecular complexity index is 516. The minimum atomic E-state index is -0.698. The van der Waals surface area contributed by atoms with Crippen molar-refractivity contribution in [3.05, 3.63) is 17.6 Å². The molecule has 1 saturated heterocycles. The van der Waals surface area contributed by atoms with Gasteiger partial charge in [0.25, 0.3) is 0 Å². The van der Waals surface area contributed by atoms with Gasteiger partial charge in [-0.2, -0.15) is 0 Å². The molecule has 0 saturated carbocycles. The van der Waals surface area contributed by atoms with Crippen LogP contribution in [0.4, 0.5) is 5.82 Å². The molecule has 0 radical (unpaired) electrons. The lowest BCUT2D eigenvalue weighted by Crippen LogP contribution is -2.39. The number of rotatable bonds is 4. The van der Waals surface area contributed by atoms with Gasteiger partial charge in [0.05, 0.1) is 5.41 Å². The van der Waals surface area contributed by atoms with Crippen molar-refractivity contribution in [3.63, 3.8) is 0 Å². The lowest BCUT2D eigenvalue weighted by Gasteiger charge is -2.29. The lowest BCUT2D eigenvalue weighted by molar-refractivity contribution is -0.150. The van der Waals surface area contributed by atoms with Gasteiger partial charge in [-0.25, -0.2) is 9.97 Å². The molecule has 2 rings (SSSR count). The highest BCUT2D eigenvalue weighted by molar-refractivity contribution is 5.77. The summed E-state index contributed by atoms with van der Waals surface area (Å²) in [6.07, 6.45) is 1.53. The second-order valence-corrected chi connectivity index (χ2v) is 5.91. The Hall–Kier alpha value is -1.65. The molecule has 5 nitrogen and oxygen atoms in total. The molecule has 1 aliphatic heterocycles. The van der Waals surface area contributed by atoms with E-state index in [1.807, 2.05) is 26.8 Å². The molecule has 0 bridgehead atoms. The zero-order chi connectivity index (χ0) is 14.9. The van der Waals surface area contributed by atoms with Gasteiger partial charge in [-0.3, -0.25) is 4.79 Å². The van der Waals surface area contributed by atoms with E-state index >= 15 is 0 Å². The number of anilines is 1. The van der Waals surface area contributed by atoms with Gasteiger partial charge in [-0.15, -0.1) is 0 Å². The van der Waals surface area contributed by atoms with E-state index in [2.05, 4.69) is 21.8 Å². The molecule has 2 heterocycles. The molecule has 0 spiro atoms. The van der Waals surface area contributed by atoms with Crippen molar-refractivity contribution in [2.45, 2.75) is 40.5 Å². The number of aliphatic carboxylic acids is 1. The van der Waals surface area contributed by atoms with Crippen LogP contribution in [0.15, 0.2) is 6.07 Å². The summed E-state index contributed by atoms with van der Waals surface area (Å²) in [6, 6.07) is 1.98. The fourth-order valence-electron chi connectivity index (χ4n) is 2.88. The van der Waals surface area contributed by atoms with E-state index in [1.54, 1.807) is 0 Å². The Balaban J connectivity index is 2.29. The van der Waals surface area contributed by atoms with Crippen molar-refractivity contribution in [2.75, 3.05) is 18.0 Å². The van der Waals surface area contributed by atoms with Crippen LogP contribution in [0.5, 0.6) is 0 Å². The Morgan fingerprint density at radius 2 is 2.20 bits per heavy atom. The molecular weight excluding hydrogens is 254 g/mol. The van der Waals surface area contributed by atoms with Crippen LogP contribution in [0.2, 0.25) is 0 Å². The van der Waals surface area contributed by atoms with Gasteiger partial charge in [-0.1, -0.05) is 20.8 Å². The summed E-state index contributed by atoms with van der Waals surface area (Å²) in [6.45, 7) is 9.18. The molecule has 0 aliphatic carbocycles. The van der Waals surface area contributed by atoms with Crippen LogP contribution in [0, 0.1) is 18.3 Å². The van der Waals surface area contributed by atoms with Crippen LogP contribution in [0.25, 0.3) is 0 Å². The fraction of sp³-hybridized carbons (Fsp3) is 0.667. The first-order valence-corrected chi connectivity index (χ1v) is 7.22. The number of hydrogen-bond donors (Lipinski definition) is 1. The van der Waals surface area contributed by atoms with Crippen LogP contribution >= 0.6 is 0 Å². The highest BCUT2D eigenvalue weighted by Crippen LogP contribution is 2.39. The van der Waals surface area contributed by atoms with Gasteiger partial charge in [-0.05, 0) is 25.7 Å². The van der Waals surface area contributed by atoms with Crippen LogP contribution in [-0.2, 0) is 11.2 Å². The first kappa shape index (κ1) is 14.8. The van der Waals surface area contributed by atoms with Gasteiger partial charge >= 0.3 is 5.97 Å². The highest BCUT2D eigenvalue weighted by Gasteiger charge is 2.47. The Labute approximate surface area is 120 Å². The van der Waals surface area contributed by atoms with E-state index in [-0.39, 0.29) is 5.92 Å². The third-order valence-corrected chi connectivity index (χ3v) is 4.40. The standard InChI is InChI=1S/C15H23N3O2/c1-5-12-8-13(17-11(4)16-12)18-7-6-15(9-18,10(2)3)14(19)20/h8,10H,5-7,9H2,1-4H3,(H,19,20). The molecule has 0 aromatic carbocycles. The van der Waals surface area contributed by atoms with E-state index in [4.69, 9.17) is 0 Å². The maximum atomic E-state index is 11.7. The average molecular weight is 277 g/mol. The summed E-state index contributed by atoms with van der Waals surface area (Å²) in [5, 5.41) is 9.59. The first-order chi connectivity index (χ1) is 9.39. The van der Waals surface area contributed by atoms with Crippen LogP contribution < -0.4 is 4.90 Å². The van der Waals surface area contributed by atoms with Gasteiger partial charge in [0, 0.05) is 24.8 Å². The molecule has 110 valence electrons. The highest BCUT2D eigenvalue weighted by atomic mass is 16.4. The average Bonchev–Trinajstić information content (AvgIpc) is 2.84. The normalized spacial score (nSPS) is 22.6. The molecule has 1 atom stereocenters. The molecule has 1 unspecified atom stereocenters. The van der Waals surface area contributed by atoms with Crippen LogP contribution in [0.1, 0.15) is 38.7 Å². The number of aromatic nitrogens is 2. The second kappa shape index (κ2) is 5.38. The zero-order valence-electron chi connectivity index (χ0n) is 12.7. The van der Waals surface area contributed by atoms with Crippen molar-refractivity contribution in [2.24, 2.45) is 11.3 Å². The van der Waals surface area contributed by atoms with Gasteiger partial charge in [0.1, 0.15) is 11.6 Å². The maximum Gasteiger partial charge on any atom is 0.311 e. The maximum absolute atomic E-state index is 11.7. The van der Waals surface area contributed by atoms with E-state index in [1.165, 1.54) is 0 Å². The molecule has 5 heteroatoms. The fourth-order valence-corrected chi connectivity index (χ4v) is 2.88. The molecular formula is C15H23N3O2. The van der Waals surface area contributed by atoms with E-state index in [9.17, 15) is 9.90 Å². The molecule has 1 fully saturated rings. The van der Waals surface area contributed by atoms with Crippen LogP contribution in [0.3, 0.4) is 0 Å². The lowest BCUT2D eigenvalue weighted by atomic mass is 9.76. The van der Waals surface area contributed by atoms with Gasteiger partial charge < -0.3 is 10.0 Å². The van der Waals surface area contributed by atoms with E-state index in [0.717, 1.165) is 30.3 Å². The molecule has 20 heavy (non-hydrogen) atoms. The number of carbonyl (C=O) groups is 1. The smallest absolute Gasteiger partial charge is 0.311 e. The van der Waals surface area contributed by atoms with Crippen molar-refractivity contribution in [1.82, 2.24) is 9.97 Å². The van der Waals surface area contributed by atoms with Crippen molar-refractivity contribution < 1.29 is 9.90 Å². The topological polar surface area (TPSA) is 66.3 Å². The van der Waals surface area contributed by atoms with Crippen molar-refractivity contribution in [1.29, 1.82) is 0 Å². The van der Waals surface area contributed by atoms with Crippen molar-refractivity contribution in [3.8, 4) is 0 Å². The van der Waals surface area contributed by atoms with Gasteiger partial charge in [0.2, 0.25) is 0 Å². The quantitative estimate of drug-likeness (QED) is 0.914. The Morgan fingerprint density at radius 1 is 1.50 bits per heavy atom. The zero-order valence-corrected chi connectivity index (χ0v) is 12.7. The van der Waals surface area contributed by atoms with E-state index < -0.39 is 11.4 Å². The second-order valence-electron chi connectivity index (χ2n) is 5.91. The summed E-state index contributed by atoms with van der Waals surface area (Å²) in [5.74, 6) is 1.02. The number of carboxylic acids is 1. The van der Waals surface area contributed by atoms with Gasteiger partial charge in [0.15, 0.2) is 0 Å². The molecule has 0 amide bonds. The number of carboxylic acid groups (broad SMARTS) is 1. The summed E-state index contributed by atoms with van der Waals surface area (Å²) >= 11 is 0. The number of hydrogen-bond acceptors (Lipinski definition) is 4. The predicted molar refractivity (Wildman–Crippen MR) is 77.9 cm³/mol. The minimum Gasteiger partial charge on any atom is -0.481 e. The minimum absolute atomic E-state index is 0.110. The monoisotopic (exact) mass is 277 g/mol. The third kappa shape index (κ3) is 2.49. The van der Waals surface area contributed by atoms with Crippen LogP contribution in [-0.4, -0.2) is 34.1 Å². The molecule has 1 aliphatic rings. The number of aryl methyl sites for hydroxylation is 2. The summed E-state index contributed by atoms with van der Waals surface area (Å²) < 4.78 is 0. The Kier molecular flexibility index (Phi) is 3.97. The first-order valence-electron chi connectivity index (χ1n) is 7.22.